The fourth-order valence-corrected chi connectivity index (χ4v) is 2.69. The average molecular weight is 433 g/mol. The first kappa shape index (κ1) is 20.5. The monoisotopic (exact) mass is 431 g/mol. The van der Waals surface area contributed by atoms with Crippen LogP contribution in [0.3, 0.4) is 0 Å². The number of nitrogens with one attached hydrogen (secondary N) is 2. The number of halogens is 4. The van der Waals surface area contributed by atoms with Crippen LogP contribution in [0.4, 0.5) is 5.69 Å². The Labute approximate surface area is 170 Å². The Bertz CT molecular complexity index is 856. The lowest BCUT2D eigenvalue weighted by Gasteiger charge is -2.07. The molecule has 2 N–H and O–H groups in total. The number of hydrogen-bond donors (Lipinski definition) is 2. The van der Waals surface area contributed by atoms with Crippen LogP contribution in [0.2, 0.25) is 20.1 Å². The van der Waals surface area contributed by atoms with Gasteiger partial charge in [-0.2, -0.15) is 5.10 Å². The Kier molecular flexibility index (Phi) is 7.72. The van der Waals surface area contributed by atoms with Gasteiger partial charge in [-0.05, 0) is 24.3 Å². The van der Waals surface area contributed by atoms with Gasteiger partial charge in [-0.15, -0.1) is 0 Å². The summed E-state index contributed by atoms with van der Waals surface area (Å²) in [5.74, 6) is -0.775. The van der Waals surface area contributed by atoms with Crippen molar-refractivity contribution >= 4 is 70.1 Å². The molecular formula is C17H13Cl4N3O2. The smallest absolute Gasteiger partial charge is 0.240 e. The van der Waals surface area contributed by atoms with Gasteiger partial charge < -0.3 is 5.32 Å². The first-order chi connectivity index (χ1) is 12.4. The number of hydrogen-bond acceptors (Lipinski definition) is 3. The number of benzene rings is 2. The van der Waals surface area contributed by atoms with Crippen molar-refractivity contribution in [1.29, 1.82) is 0 Å². The van der Waals surface area contributed by atoms with Crippen molar-refractivity contribution < 1.29 is 9.59 Å². The van der Waals surface area contributed by atoms with E-state index in [1.807, 2.05) is 0 Å². The number of rotatable bonds is 6. The summed E-state index contributed by atoms with van der Waals surface area (Å²) in [5, 5.41) is 7.91. The molecule has 0 unspecified atom stereocenters. The van der Waals surface area contributed by atoms with E-state index in [2.05, 4.69) is 15.8 Å². The first-order valence-corrected chi connectivity index (χ1v) is 8.89. The van der Waals surface area contributed by atoms with Gasteiger partial charge in [-0.1, -0.05) is 58.5 Å². The number of nitrogens with zero attached hydrogens (tertiary/aromatic N) is 1. The lowest BCUT2D eigenvalue weighted by Crippen LogP contribution is -2.20. The van der Waals surface area contributed by atoms with Gasteiger partial charge in [0, 0.05) is 23.4 Å². The van der Waals surface area contributed by atoms with Crippen LogP contribution in [0.15, 0.2) is 41.5 Å². The maximum Gasteiger partial charge on any atom is 0.240 e. The molecule has 0 bridgehead atoms. The molecule has 0 saturated carbocycles. The largest absolute Gasteiger partial charge is 0.325 e. The molecule has 0 aliphatic carbocycles. The van der Waals surface area contributed by atoms with Crippen molar-refractivity contribution in [2.24, 2.45) is 5.10 Å². The van der Waals surface area contributed by atoms with E-state index in [-0.39, 0.29) is 18.7 Å². The van der Waals surface area contributed by atoms with E-state index in [0.29, 0.717) is 31.3 Å². The molecule has 2 aromatic rings. The Morgan fingerprint density at radius 2 is 1.69 bits per heavy atom. The summed E-state index contributed by atoms with van der Waals surface area (Å²) in [6.45, 7) is 0. The van der Waals surface area contributed by atoms with Gasteiger partial charge in [-0.25, -0.2) is 5.43 Å². The van der Waals surface area contributed by atoms with Crippen LogP contribution in [0.25, 0.3) is 0 Å². The van der Waals surface area contributed by atoms with E-state index in [1.54, 1.807) is 30.3 Å². The molecule has 0 heterocycles. The maximum absolute atomic E-state index is 11.9. The molecule has 0 atom stereocenters. The van der Waals surface area contributed by atoms with Crippen LogP contribution in [0, 0.1) is 0 Å². The molecule has 2 rings (SSSR count). The van der Waals surface area contributed by atoms with Crippen LogP contribution in [0.5, 0.6) is 0 Å². The Balaban J connectivity index is 1.80. The molecular weight excluding hydrogens is 420 g/mol. The minimum atomic E-state index is -0.420. The summed E-state index contributed by atoms with van der Waals surface area (Å²) in [6.07, 6.45) is 1.30. The number of anilines is 1. The van der Waals surface area contributed by atoms with E-state index >= 15 is 0 Å². The van der Waals surface area contributed by atoms with E-state index in [9.17, 15) is 9.59 Å². The third-order valence-corrected chi connectivity index (χ3v) is 4.54. The second-order valence-electron chi connectivity index (χ2n) is 5.11. The quantitative estimate of drug-likeness (QED) is 0.488. The minimum absolute atomic E-state index is 0.0295. The van der Waals surface area contributed by atoms with Gasteiger partial charge in [0.25, 0.3) is 0 Å². The molecule has 26 heavy (non-hydrogen) atoms. The summed E-state index contributed by atoms with van der Waals surface area (Å²) < 4.78 is 0. The average Bonchev–Trinajstić information content (AvgIpc) is 2.59. The summed E-state index contributed by atoms with van der Waals surface area (Å²) in [7, 11) is 0. The SMILES string of the molecule is O=C(CCC(=O)Nc1ccc(Cl)cc1Cl)NN=Cc1cccc(Cl)c1Cl. The van der Waals surface area contributed by atoms with Gasteiger partial charge in [0.05, 0.1) is 27.0 Å². The van der Waals surface area contributed by atoms with Crippen LogP contribution in [0.1, 0.15) is 18.4 Å². The highest BCUT2D eigenvalue weighted by molar-refractivity contribution is 6.43. The van der Waals surface area contributed by atoms with Gasteiger partial charge >= 0.3 is 0 Å². The number of hydrazone groups is 1. The third kappa shape index (κ3) is 6.18. The molecule has 9 heteroatoms. The normalized spacial score (nSPS) is 10.8. The summed E-state index contributed by atoms with van der Waals surface area (Å²) in [5.41, 5.74) is 3.31. The van der Waals surface area contributed by atoms with Crippen LogP contribution in [-0.4, -0.2) is 18.0 Å². The zero-order chi connectivity index (χ0) is 19.1. The standard InChI is InChI=1S/C17H13Cl4N3O2/c18-11-4-5-14(13(20)8-11)23-15(25)6-7-16(26)24-22-9-10-2-1-3-12(19)17(10)21/h1-5,8-9H,6-7H2,(H,23,25)(H,24,26). The highest BCUT2D eigenvalue weighted by Crippen LogP contribution is 2.25. The molecule has 2 amide bonds. The van der Waals surface area contributed by atoms with Crippen LogP contribution < -0.4 is 10.7 Å². The van der Waals surface area contributed by atoms with E-state index in [0.717, 1.165) is 0 Å². The van der Waals surface area contributed by atoms with Gasteiger partial charge in [0.1, 0.15) is 0 Å². The maximum atomic E-state index is 11.9. The fourth-order valence-electron chi connectivity index (χ4n) is 1.88. The zero-order valence-corrected chi connectivity index (χ0v) is 16.3. The molecule has 0 aliphatic heterocycles. The third-order valence-electron chi connectivity index (χ3n) is 3.16. The Morgan fingerprint density at radius 3 is 2.42 bits per heavy atom. The molecule has 5 nitrogen and oxygen atoms in total. The molecule has 0 radical (unpaired) electrons. The van der Waals surface area contributed by atoms with Crippen molar-refractivity contribution in [1.82, 2.24) is 5.43 Å². The van der Waals surface area contributed by atoms with Crippen LogP contribution in [-0.2, 0) is 9.59 Å². The van der Waals surface area contributed by atoms with Gasteiger partial charge in [0.2, 0.25) is 11.8 Å². The molecule has 0 aliphatic rings. The van der Waals surface area contributed by atoms with Crippen molar-refractivity contribution in [2.75, 3.05) is 5.32 Å². The van der Waals surface area contributed by atoms with E-state index in [4.69, 9.17) is 46.4 Å². The Hall–Kier alpha value is -1.79. The Morgan fingerprint density at radius 1 is 0.962 bits per heavy atom. The number of carbonyl (C=O) groups excluding carboxylic acids is 2. The fraction of sp³-hybridized carbons (Fsp3) is 0.118. The van der Waals surface area contributed by atoms with E-state index < -0.39 is 5.91 Å². The van der Waals surface area contributed by atoms with Crippen molar-refractivity contribution in [2.45, 2.75) is 12.8 Å². The molecule has 0 spiro atoms. The first-order valence-electron chi connectivity index (χ1n) is 7.37. The topological polar surface area (TPSA) is 70.6 Å². The van der Waals surface area contributed by atoms with Gasteiger partial charge in [0.15, 0.2) is 0 Å². The van der Waals surface area contributed by atoms with E-state index in [1.165, 1.54) is 12.3 Å². The second kappa shape index (κ2) is 9.78. The predicted octanol–water partition coefficient (Wildman–Crippen LogP) is 5.17. The number of carbonyl (C=O) groups is 2. The molecule has 136 valence electrons. The second-order valence-corrected chi connectivity index (χ2v) is 6.74. The van der Waals surface area contributed by atoms with Crippen molar-refractivity contribution in [3.8, 4) is 0 Å². The lowest BCUT2D eigenvalue weighted by molar-refractivity contribution is -0.124. The molecule has 0 aromatic heterocycles. The minimum Gasteiger partial charge on any atom is -0.325 e. The lowest BCUT2D eigenvalue weighted by atomic mass is 10.2. The molecule has 0 saturated heterocycles. The van der Waals surface area contributed by atoms with Crippen molar-refractivity contribution in [3.05, 3.63) is 62.1 Å². The van der Waals surface area contributed by atoms with Gasteiger partial charge in [-0.3, -0.25) is 9.59 Å². The van der Waals surface area contributed by atoms with Crippen LogP contribution >= 0.6 is 46.4 Å². The zero-order valence-electron chi connectivity index (χ0n) is 13.2. The summed E-state index contributed by atoms with van der Waals surface area (Å²) in [4.78, 5) is 23.6. The summed E-state index contributed by atoms with van der Waals surface area (Å²) >= 11 is 23.6. The highest BCUT2D eigenvalue weighted by atomic mass is 35.5. The van der Waals surface area contributed by atoms with Crippen molar-refractivity contribution in [3.63, 3.8) is 0 Å². The highest BCUT2D eigenvalue weighted by Gasteiger charge is 2.09. The predicted molar refractivity (Wildman–Crippen MR) is 107 cm³/mol. The molecule has 2 aromatic carbocycles. The summed E-state index contributed by atoms with van der Waals surface area (Å²) in [6, 6.07) is 9.76. The number of amides is 2. The molecule has 0 fully saturated rings.